The van der Waals surface area contributed by atoms with E-state index in [9.17, 15) is 14.4 Å². The fourth-order valence-corrected chi connectivity index (χ4v) is 4.04. The zero-order valence-corrected chi connectivity index (χ0v) is 18.4. The van der Waals surface area contributed by atoms with Gasteiger partial charge in [-0.3, -0.25) is 14.4 Å². The molecule has 1 fully saturated rings. The maximum atomic E-state index is 12.6. The molecule has 2 aromatic rings. The number of piperidine rings is 1. The number of hydrogen-bond donors (Lipinski definition) is 0. The van der Waals surface area contributed by atoms with Crippen molar-refractivity contribution < 1.29 is 23.5 Å². The van der Waals surface area contributed by atoms with Crippen LogP contribution in [0.4, 0.5) is 0 Å². The standard InChI is InChI=1S/C21H27N3O5S/c1-4-28-21(27)15-7-9-24(10-8-15)19(26)13-23(3)18(25)12-16-14(2)29-20(22-16)17-6-5-11-30-17/h5-6,11,15H,4,7-10,12-13H2,1-3H3. The van der Waals surface area contributed by atoms with Gasteiger partial charge in [-0.15, -0.1) is 11.3 Å². The largest absolute Gasteiger partial charge is 0.466 e. The third-order valence-electron chi connectivity index (χ3n) is 5.21. The smallest absolute Gasteiger partial charge is 0.309 e. The van der Waals surface area contributed by atoms with Crippen LogP contribution in [0.5, 0.6) is 0 Å². The molecule has 2 amide bonds. The molecule has 0 bridgehead atoms. The van der Waals surface area contributed by atoms with Gasteiger partial charge in [-0.05, 0) is 38.1 Å². The van der Waals surface area contributed by atoms with Gasteiger partial charge in [-0.1, -0.05) is 6.07 Å². The zero-order chi connectivity index (χ0) is 21.7. The van der Waals surface area contributed by atoms with Gasteiger partial charge in [-0.25, -0.2) is 4.98 Å². The van der Waals surface area contributed by atoms with Crippen molar-refractivity contribution in [3.63, 3.8) is 0 Å². The van der Waals surface area contributed by atoms with Crippen molar-refractivity contribution in [2.24, 2.45) is 5.92 Å². The van der Waals surface area contributed by atoms with E-state index in [4.69, 9.17) is 9.15 Å². The lowest BCUT2D eigenvalue weighted by atomic mass is 9.97. The number of likely N-dealkylation sites (tertiary alicyclic amines) is 1. The summed E-state index contributed by atoms with van der Waals surface area (Å²) in [5, 5.41) is 1.94. The number of rotatable bonds is 7. The van der Waals surface area contributed by atoms with Crippen molar-refractivity contribution in [2.75, 3.05) is 33.3 Å². The van der Waals surface area contributed by atoms with Crippen LogP contribution in [0, 0.1) is 12.8 Å². The zero-order valence-electron chi connectivity index (χ0n) is 17.6. The summed E-state index contributed by atoms with van der Waals surface area (Å²) in [5.41, 5.74) is 0.581. The van der Waals surface area contributed by atoms with Crippen LogP contribution in [0.1, 0.15) is 31.2 Å². The molecule has 0 N–H and O–H groups in total. The normalized spacial score (nSPS) is 14.6. The van der Waals surface area contributed by atoms with Crippen LogP contribution in [0.2, 0.25) is 0 Å². The number of carbonyl (C=O) groups excluding carboxylic acids is 3. The Bertz CT molecular complexity index is 885. The lowest BCUT2D eigenvalue weighted by molar-refractivity contribution is -0.151. The van der Waals surface area contributed by atoms with Gasteiger partial charge in [0.05, 0.1) is 36.1 Å². The summed E-state index contributed by atoms with van der Waals surface area (Å²) < 4.78 is 10.7. The quantitative estimate of drug-likeness (QED) is 0.623. The Morgan fingerprint density at radius 1 is 1.33 bits per heavy atom. The van der Waals surface area contributed by atoms with E-state index in [2.05, 4.69) is 4.98 Å². The fourth-order valence-electron chi connectivity index (χ4n) is 3.39. The van der Waals surface area contributed by atoms with Crippen LogP contribution >= 0.6 is 11.3 Å². The summed E-state index contributed by atoms with van der Waals surface area (Å²) in [6.45, 7) is 4.93. The first-order chi connectivity index (χ1) is 14.4. The van der Waals surface area contributed by atoms with Crippen molar-refractivity contribution in [1.82, 2.24) is 14.8 Å². The summed E-state index contributed by atoms with van der Waals surface area (Å²) in [7, 11) is 1.61. The number of amides is 2. The Morgan fingerprint density at radius 3 is 2.70 bits per heavy atom. The topological polar surface area (TPSA) is 93.0 Å². The number of esters is 1. The predicted octanol–water partition coefficient (Wildman–Crippen LogP) is 2.51. The van der Waals surface area contributed by atoms with E-state index in [-0.39, 0.29) is 36.7 Å². The van der Waals surface area contributed by atoms with Gasteiger partial charge in [-0.2, -0.15) is 0 Å². The van der Waals surface area contributed by atoms with Crippen LogP contribution in [0.3, 0.4) is 0 Å². The molecule has 0 saturated carbocycles. The lowest BCUT2D eigenvalue weighted by Gasteiger charge is -2.32. The number of aromatic nitrogens is 1. The number of ether oxygens (including phenoxy) is 1. The molecule has 1 aliphatic rings. The Balaban J connectivity index is 1.50. The summed E-state index contributed by atoms with van der Waals surface area (Å²) in [5.74, 6) is 0.451. The van der Waals surface area contributed by atoms with Gasteiger partial charge < -0.3 is 19.0 Å². The first kappa shape index (κ1) is 22.0. The van der Waals surface area contributed by atoms with Gasteiger partial charge in [0.1, 0.15) is 5.76 Å². The number of oxazole rings is 1. The highest BCUT2D eigenvalue weighted by Gasteiger charge is 2.29. The molecule has 0 radical (unpaired) electrons. The third-order valence-corrected chi connectivity index (χ3v) is 6.07. The van der Waals surface area contributed by atoms with Crippen LogP contribution in [0.15, 0.2) is 21.9 Å². The van der Waals surface area contributed by atoms with E-state index in [1.807, 2.05) is 17.5 Å². The third kappa shape index (κ3) is 5.27. The first-order valence-corrected chi connectivity index (χ1v) is 11.0. The van der Waals surface area contributed by atoms with Crippen LogP contribution in [-0.4, -0.2) is 65.9 Å². The van der Waals surface area contributed by atoms with Gasteiger partial charge >= 0.3 is 5.97 Å². The Morgan fingerprint density at radius 2 is 2.07 bits per heavy atom. The SMILES string of the molecule is CCOC(=O)C1CCN(C(=O)CN(C)C(=O)Cc2nc(-c3cccs3)oc2C)CC1. The van der Waals surface area contributed by atoms with E-state index < -0.39 is 0 Å². The minimum Gasteiger partial charge on any atom is -0.466 e. The number of likely N-dealkylation sites (N-methyl/N-ethyl adjacent to an activating group) is 1. The van der Waals surface area contributed by atoms with Crippen LogP contribution in [-0.2, 0) is 25.5 Å². The summed E-state index contributed by atoms with van der Waals surface area (Å²) in [6, 6.07) is 3.83. The second kappa shape index (κ2) is 9.88. The molecule has 162 valence electrons. The molecule has 3 rings (SSSR count). The van der Waals surface area contributed by atoms with Crippen molar-refractivity contribution in [1.29, 1.82) is 0 Å². The van der Waals surface area contributed by atoms with Gasteiger partial charge in [0.15, 0.2) is 0 Å². The number of nitrogens with zero attached hydrogens (tertiary/aromatic N) is 3. The highest BCUT2D eigenvalue weighted by atomic mass is 32.1. The number of aryl methyl sites for hydroxylation is 1. The van der Waals surface area contributed by atoms with Gasteiger partial charge in [0.25, 0.3) is 0 Å². The monoisotopic (exact) mass is 433 g/mol. The van der Waals surface area contributed by atoms with E-state index in [0.717, 1.165) is 4.88 Å². The van der Waals surface area contributed by atoms with E-state index in [1.54, 1.807) is 25.8 Å². The fraction of sp³-hybridized carbons (Fsp3) is 0.524. The second-order valence-corrected chi connectivity index (χ2v) is 8.28. The Kier molecular flexibility index (Phi) is 7.25. The van der Waals surface area contributed by atoms with E-state index >= 15 is 0 Å². The van der Waals surface area contributed by atoms with Crippen molar-refractivity contribution in [2.45, 2.75) is 33.1 Å². The van der Waals surface area contributed by atoms with E-state index in [1.165, 1.54) is 16.2 Å². The minimum absolute atomic E-state index is 0.00239. The molecule has 8 nitrogen and oxygen atoms in total. The Labute approximate surface area is 179 Å². The summed E-state index contributed by atoms with van der Waals surface area (Å²) in [4.78, 5) is 45.5. The highest BCUT2D eigenvalue weighted by molar-refractivity contribution is 7.13. The van der Waals surface area contributed by atoms with Crippen molar-refractivity contribution in [3.8, 4) is 10.8 Å². The number of thiophene rings is 1. The maximum Gasteiger partial charge on any atom is 0.309 e. The van der Waals surface area contributed by atoms with Gasteiger partial charge in [0.2, 0.25) is 17.7 Å². The van der Waals surface area contributed by atoms with Crippen LogP contribution < -0.4 is 0 Å². The predicted molar refractivity (Wildman–Crippen MR) is 112 cm³/mol. The molecule has 3 heterocycles. The number of hydrogen-bond acceptors (Lipinski definition) is 7. The average Bonchev–Trinajstić information content (AvgIpc) is 3.38. The molecule has 0 atom stereocenters. The molecule has 30 heavy (non-hydrogen) atoms. The minimum atomic E-state index is -0.195. The summed E-state index contributed by atoms with van der Waals surface area (Å²) in [6.07, 6.45) is 1.26. The molecule has 9 heteroatoms. The van der Waals surface area contributed by atoms with Crippen molar-refractivity contribution in [3.05, 3.63) is 29.0 Å². The molecule has 0 aliphatic carbocycles. The molecule has 0 unspecified atom stereocenters. The summed E-state index contributed by atoms with van der Waals surface area (Å²) >= 11 is 1.52. The molecule has 0 aromatic carbocycles. The average molecular weight is 434 g/mol. The molecule has 1 aliphatic heterocycles. The molecule has 2 aromatic heterocycles. The Hall–Kier alpha value is -2.68. The van der Waals surface area contributed by atoms with Crippen molar-refractivity contribution >= 4 is 29.1 Å². The molecular formula is C21H27N3O5S. The lowest BCUT2D eigenvalue weighted by Crippen LogP contribution is -2.46. The number of carbonyl (C=O) groups is 3. The molecule has 0 spiro atoms. The highest BCUT2D eigenvalue weighted by Crippen LogP contribution is 2.26. The molecular weight excluding hydrogens is 406 g/mol. The second-order valence-electron chi connectivity index (χ2n) is 7.33. The first-order valence-electron chi connectivity index (χ1n) is 10.1. The van der Waals surface area contributed by atoms with Gasteiger partial charge in [0, 0.05) is 20.1 Å². The molecule has 1 saturated heterocycles. The maximum absolute atomic E-state index is 12.6. The van der Waals surface area contributed by atoms with Crippen LogP contribution in [0.25, 0.3) is 10.8 Å². The van der Waals surface area contributed by atoms with E-state index in [0.29, 0.717) is 49.9 Å².